The SMILES string of the molecule is CC(C)OC1CC(=O)OC(CCn2c(-c3ccc(F)cc3)c(-c3ccccc3)c(C(=O)Nc3ccccc3)c2C(C)C)C1. The second-order valence-electron chi connectivity index (χ2n) is 11.6. The molecule has 224 valence electrons. The Balaban J connectivity index is 1.65. The number of aromatic nitrogens is 1. The molecule has 1 fully saturated rings. The van der Waals surface area contributed by atoms with Crippen LogP contribution in [-0.4, -0.2) is 34.8 Å². The van der Waals surface area contributed by atoms with Crippen LogP contribution in [0.5, 0.6) is 0 Å². The number of esters is 1. The Morgan fingerprint density at radius 2 is 1.60 bits per heavy atom. The van der Waals surface area contributed by atoms with Crippen LogP contribution < -0.4 is 5.32 Å². The molecule has 43 heavy (non-hydrogen) atoms. The number of benzene rings is 3. The van der Waals surface area contributed by atoms with E-state index in [0.717, 1.165) is 28.1 Å². The Hall–Kier alpha value is -4.23. The quantitative estimate of drug-likeness (QED) is 0.191. The second kappa shape index (κ2) is 13.4. The summed E-state index contributed by atoms with van der Waals surface area (Å²) in [5.41, 5.74) is 5.42. The number of amides is 1. The number of nitrogens with one attached hydrogen (secondary N) is 1. The first-order valence-electron chi connectivity index (χ1n) is 15.0. The van der Waals surface area contributed by atoms with Gasteiger partial charge in [0.15, 0.2) is 0 Å². The number of hydrogen-bond acceptors (Lipinski definition) is 4. The van der Waals surface area contributed by atoms with Gasteiger partial charge < -0.3 is 19.4 Å². The van der Waals surface area contributed by atoms with Crippen molar-refractivity contribution in [1.82, 2.24) is 4.57 Å². The summed E-state index contributed by atoms with van der Waals surface area (Å²) < 4.78 is 28.1. The molecule has 4 aromatic rings. The maximum Gasteiger partial charge on any atom is 0.308 e. The average molecular weight is 583 g/mol. The number of anilines is 1. The maximum absolute atomic E-state index is 14.2. The fourth-order valence-corrected chi connectivity index (χ4v) is 5.99. The van der Waals surface area contributed by atoms with Crippen molar-refractivity contribution < 1.29 is 23.5 Å². The number of nitrogens with zero attached hydrogens (tertiary/aromatic N) is 1. The van der Waals surface area contributed by atoms with Crippen LogP contribution in [0, 0.1) is 5.82 Å². The minimum absolute atomic E-state index is 0.0118. The highest BCUT2D eigenvalue weighted by molar-refractivity contribution is 6.12. The van der Waals surface area contributed by atoms with Crippen molar-refractivity contribution in [1.29, 1.82) is 0 Å². The van der Waals surface area contributed by atoms with E-state index in [1.54, 1.807) is 12.1 Å². The first-order valence-corrected chi connectivity index (χ1v) is 15.0. The molecule has 1 N–H and O–H groups in total. The summed E-state index contributed by atoms with van der Waals surface area (Å²) in [5, 5.41) is 3.10. The van der Waals surface area contributed by atoms with Crippen LogP contribution in [-0.2, 0) is 20.8 Å². The topological polar surface area (TPSA) is 69.6 Å². The predicted molar refractivity (Wildman–Crippen MR) is 167 cm³/mol. The molecular weight excluding hydrogens is 543 g/mol. The van der Waals surface area contributed by atoms with E-state index in [1.165, 1.54) is 12.1 Å². The van der Waals surface area contributed by atoms with Crippen LogP contribution in [0.3, 0.4) is 0 Å². The molecule has 0 spiro atoms. The summed E-state index contributed by atoms with van der Waals surface area (Å²) in [4.78, 5) is 26.7. The van der Waals surface area contributed by atoms with Gasteiger partial charge in [-0.3, -0.25) is 9.59 Å². The van der Waals surface area contributed by atoms with Gasteiger partial charge in [-0.05, 0) is 67.3 Å². The van der Waals surface area contributed by atoms with E-state index in [9.17, 15) is 14.0 Å². The largest absolute Gasteiger partial charge is 0.462 e. The summed E-state index contributed by atoms with van der Waals surface area (Å²) in [6.07, 6.45) is 0.900. The fraction of sp³-hybridized carbons (Fsp3) is 0.333. The predicted octanol–water partition coefficient (Wildman–Crippen LogP) is 8.23. The molecule has 1 saturated heterocycles. The highest BCUT2D eigenvalue weighted by Crippen LogP contribution is 2.43. The lowest BCUT2D eigenvalue weighted by Gasteiger charge is -2.30. The lowest BCUT2D eigenvalue weighted by molar-refractivity contribution is -0.165. The van der Waals surface area contributed by atoms with Crippen LogP contribution in [0.1, 0.15) is 68.9 Å². The monoisotopic (exact) mass is 582 g/mol. The van der Waals surface area contributed by atoms with E-state index < -0.39 is 0 Å². The molecule has 0 radical (unpaired) electrons. The van der Waals surface area contributed by atoms with E-state index >= 15 is 0 Å². The third kappa shape index (κ3) is 7.05. The van der Waals surface area contributed by atoms with Gasteiger partial charge in [0, 0.05) is 36.3 Å². The summed E-state index contributed by atoms with van der Waals surface area (Å²) in [6.45, 7) is 8.56. The van der Waals surface area contributed by atoms with Crippen LogP contribution in [0.4, 0.5) is 10.1 Å². The Bertz CT molecular complexity index is 1550. The van der Waals surface area contributed by atoms with Gasteiger partial charge in [0.1, 0.15) is 11.9 Å². The highest BCUT2D eigenvalue weighted by Gasteiger charge is 2.33. The van der Waals surface area contributed by atoms with Crippen molar-refractivity contribution in [3.63, 3.8) is 0 Å². The van der Waals surface area contributed by atoms with Crippen molar-refractivity contribution in [3.05, 3.63) is 102 Å². The Morgan fingerprint density at radius 3 is 2.23 bits per heavy atom. The number of hydrogen-bond donors (Lipinski definition) is 1. The Kier molecular flexibility index (Phi) is 9.41. The number of cyclic esters (lactones) is 1. The molecular formula is C36H39FN2O4. The number of carbonyl (C=O) groups is 2. The van der Waals surface area contributed by atoms with E-state index in [2.05, 4.69) is 23.7 Å². The maximum atomic E-state index is 14.2. The zero-order valence-corrected chi connectivity index (χ0v) is 25.2. The molecule has 0 saturated carbocycles. The van der Waals surface area contributed by atoms with Gasteiger partial charge in [-0.2, -0.15) is 0 Å². The normalized spacial score (nSPS) is 16.9. The molecule has 1 amide bonds. The molecule has 5 rings (SSSR count). The van der Waals surface area contributed by atoms with Crippen LogP contribution in [0.15, 0.2) is 84.9 Å². The van der Waals surface area contributed by atoms with Crippen LogP contribution in [0.2, 0.25) is 0 Å². The lowest BCUT2D eigenvalue weighted by atomic mass is 9.94. The van der Waals surface area contributed by atoms with Gasteiger partial charge in [0.2, 0.25) is 0 Å². The average Bonchev–Trinajstić information content (AvgIpc) is 3.32. The number of carbonyl (C=O) groups excluding carboxylic acids is 2. The van der Waals surface area contributed by atoms with Crippen LogP contribution in [0.25, 0.3) is 22.4 Å². The standard InChI is InChI=1S/C36H39FN2O4/c1-23(2)34-33(36(41)38-28-13-9-6-10-14-28)32(25-11-7-5-8-12-25)35(26-15-17-27(37)18-16-26)39(34)20-19-29-21-30(42-24(3)4)22-31(40)43-29/h5-18,23-24,29-30H,19-22H2,1-4H3,(H,38,41). The smallest absolute Gasteiger partial charge is 0.308 e. The van der Waals surface area contributed by atoms with E-state index in [1.807, 2.05) is 74.5 Å². The third-order valence-corrected chi connectivity index (χ3v) is 7.65. The molecule has 1 aliphatic rings. The van der Waals surface area contributed by atoms with Crippen molar-refractivity contribution in [2.75, 3.05) is 5.32 Å². The highest BCUT2D eigenvalue weighted by atomic mass is 19.1. The second-order valence-corrected chi connectivity index (χ2v) is 11.6. The third-order valence-electron chi connectivity index (χ3n) is 7.65. The molecule has 6 nitrogen and oxygen atoms in total. The summed E-state index contributed by atoms with van der Waals surface area (Å²) in [7, 11) is 0. The summed E-state index contributed by atoms with van der Waals surface area (Å²) >= 11 is 0. The molecule has 3 aromatic carbocycles. The van der Waals surface area contributed by atoms with Gasteiger partial charge in [0.25, 0.3) is 5.91 Å². The molecule has 1 aromatic heterocycles. The van der Waals surface area contributed by atoms with E-state index in [-0.39, 0.29) is 48.3 Å². The van der Waals surface area contributed by atoms with Crippen LogP contribution >= 0.6 is 0 Å². The zero-order valence-electron chi connectivity index (χ0n) is 25.2. The molecule has 2 unspecified atom stereocenters. The van der Waals surface area contributed by atoms with E-state index in [4.69, 9.17) is 9.47 Å². The first-order chi connectivity index (χ1) is 20.7. The minimum Gasteiger partial charge on any atom is -0.462 e. The van der Waals surface area contributed by atoms with Crippen molar-refractivity contribution in [2.24, 2.45) is 0 Å². The molecule has 7 heteroatoms. The van der Waals surface area contributed by atoms with Gasteiger partial charge >= 0.3 is 5.97 Å². The van der Waals surface area contributed by atoms with Gasteiger partial charge in [0.05, 0.1) is 29.9 Å². The molecule has 2 atom stereocenters. The summed E-state index contributed by atoms with van der Waals surface area (Å²) in [5.74, 6) is -0.839. The van der Waals surface area contributed by atoms with Crippen molar-refractivity contribution >= 4 is 17.6 Å². The Labute approximate surface area is 252 Å². The summed E-state index contributed by atoms with van der Waals surface area (Å²) in [6, 6.07) is 25.6. The zero-order chi connectivity index (χ0) is 30.5. The lowest BCUT2D eigenvalue weighted by Crippen LogP contribution is -2.36. The Morgan fingerprint density at radius 1 is 0.953 bits per heavy atom. The number of rotatable bonds is 10. The molecule has 0 bridgehead atoms. The molecule has 2 heterocycles. The first kappa shape index (κ1) is 30.2. The van der Waals surface area contributed by atoms with Gasteiger partial charge in [-0.25, -0.2) is 4.39 Å². The van der Waals surface area contributed by atoms with Gasteiger partial charge in [-0.15, -0.1) is 0 Å². The molecule has 1 aliphatic heterocycles. The fourth-order valence-electron chi connectivity index (χ4n) is 5.99. The van der Waals surface area contributed by atoms with Crippen molar-refractivity contribution in [3.8, 4) is 22.4 Å². The minimum atomic E-state index is -0.334. The molecule has 0 aliphatic carbocycles. The van der Waals surface area contributed by atoms with Gasteiger partial charge in [-0.1, -0.05) is 62.4 Å². The number of halogens is 1. The number of para-hydroxylation sites is 1. The van der Waals surface area contributed by atoms with E-state index in [0.29, 0.717) is 30.6 Å². The van der Waals surface area contributed by atoms with Crippen molar-refractivity contribution in [2.45, 2.75) is 77.7 Å². The number of ether oxygens (including phenoxy) is 2.